The van der Waals surface area contributed by atoms with E-state index in [0.717, 1.165) is 12.1 Å². The van der Waals surface area contributed by atoms with Crippen LogP contribution in [0.25, 0.3) is 0 Å². The van der Waals surface area contributed by atoms with Gasteiger partial charge in [0.05, 0.1) is 12.6 Å². The van der Waals surface area contributed by atoms with Gasteiger partial charge in [-0.15, -0.1) is 0 Å². The van der Waals surface area contributed by atoms with Gasteiger partial charge >= 0.3 is 0 Å². The number of likely N-dealkylation sites (tertiary alicyclic amines) is 1. The number of β-amino-alcohol motifs (C(OH)–C–C–N with tert-alkyl or cyclic N) is 2. The quantitative estimate of drug-likeness (QED) is 0.608. The number of nitrogens with zero attached hydrogens (tertiary/aromatic N) is 2. The first-order valence-corrected chi connectivity index (χ1v) is 7.72. The summed E-state index contributed by atoms with van der Waals surface area (Å²) in [6.45, 7) is 0.0792. The third-order valence-electron chi connectivity index (χ3n) is 4.26. The lowest BCUT2D eigenvalue weighted by Gasteiger charge is -2.26. The fraction of sp³-hybridized carbons (Fsp3) is 0.375. The van der Waals surface area contributed by atoms with Crippen LogP contribution in [-0.4, -0.2) is 62.6 Å². The Morgan fingerprint density at radius 1 is 1.44 bits per heavy atom. The van der Waals surface area contributed by atoms with E-state index in [1.807, 2.05) is 0 Å². The third-order valence-corrected chi connectivity index (χ3v) is 4.26. The summed E-state index contributed by atoms with van der Waals surface area (Å²) in [5.74, 6) is -1.81. The SMILES string of the molecule is O=C(NC[C@]1(O)CN(Cc2ccc(F)cc2F)C[C@H]1O)c1ccn[nH]1. The Bertz CT molecular complexity index is 756. The van der Waals surface area contributed by atoms with Gasteiger partial charge in [0, 0.05) is 37.5 Å². The first-order chi connectivity index (χ1) is 11.9. The van der Waals surface area contributed by atoms with Crippen LogP contribution in [0.2, 0.25) is 0 Å². The van der Waals surface area contributed by atoms with Gasteiger partial charge in [0.1, 0.15) is 22.9 Å². The zero-order chi connectivity index (χ0) is 18.0. The standard InChI is InChI=1S/C16H18F2N4O3/c17-11-2-1-10(12(18)5-11)6-22-7-14(23)16(25,9-22)8-19-15(24)13-3-4-20-21-13/h1-5,14,23,25H,6-9H2,(H,19,24)(H,20,21)/t14-,16+/m1/s1. The van der Waals surface area contributed by atoms with E-state index < -0.39 is 29.2 Å². The van der Waals surface area contributed by atoms with E-state index in [1.165, 1.54) is 18.3 Å². The summed E-state index contributed by atoms with van der Waals surface area (Å²) in [6, 6.07) is 4.75. The van der Waals surface area contributed by atoms with Crippen LogP contribution in [0, 0.1) is 11.6 Å². The van der Waals surface area contributed by atoms with Gasteiger partial charge in [-0.1, -0.05) is 6.07 Å². The average Bonchev–Trinajstić information content (AvgIpc) is 3.18. The van der Waals surface area contributed by atoms with Gasteiger partial charge in [-0.2, -0.15) is 5.10 Å². The van der Waals surface area contributed by atoms with Crippen LogP contribution in [-0.2, 0) is 6.54 Å². The van der Waals surface area contributed by atoms with Gasteiger partial charge in [-0.25, -0.2) is 8.78 Å². The Morgan fingerprint density at radius 3 is 2.92 bits per heavy atom. The lowest BCUT2D eigenvalue weighted by molar-refractivity contribution is -0.0377. The number of amides is 1. The average molecular weight is 352 g/mol. The van der Waals surface area contributed by atoms with Gasteiger partial charge in [0.2, 0.25) is 0 Å². The zero-order valence-corrected chi connectivity index (χ0v) is 13.2. The number of aliphatic hydroxyl groups is 2. The number of halogens is 2. The minimum atomic E-state index is -1.56. The number of aliphatic hydroxyl groups excluding tert-OH is 1. The number of H-pyrrole nitrogens is 1. The fourth-order valence-corrected chi connectivity index (χ4v) is 2.87. The molecule has 7 nitrogen and oxygen atoms in total. The van der Waals surface area contributed by atoms with Crippen molar-refractivity contribution in [1.82, 2.24) is 20.4 Å². The number of rotatable bonds is 5. The molecule has 1 amide bonds. The van der Waals surface area contributed by atoms with Crippen molar-refractivity contribution in [3.05, 3.63) is 53.4 Å². The molecule has 134 valence electrons. The molecule has 1 aliphatic heterocycles. The Labute approximate surface area is 142 Å². The Kier molecular flexibility index (Phi) is 4.80. The van der Waals surface area contributed by atoms with Crippen LogP contribution < -0.4 is 5.32 Å². The molecule has 1 fully saturated rings. The predicted octanol–water partition coefficient (Wildman–Crippen LogP) is 0.0255. The predicted molar refractivity (Wildman–Crippen MR) is 83.5 cm³/mol. The van der Waals surface area contributed by atoms with Crippen LogP contribution in [0.4, 0.5) is 8.78 Å². The number of hydrogen-bond acceptors (Lipinski definition) is 5. The van der Waals surface area contributed by atoms with Crippen molar-refractivity contribution in [2.24, 2.45) is 0 Å². The fourth-order valence-electron chi connectivity index (χ4n) is 2.87. The van der Waals surface area contributed by atoms with Crippen molar-refractivity contribution in [2.75, 3.05) is 19.6 Å². The highest BCUT2D eigenvalue weighted by Crippen LogP contribution is 2.24. The second-order valence-corrected chi connectivity index (χ2v) is 6.18. The first kappa shape index (κ1) is 17.5. The summed E-state index contributed by atoms with van der Waals surface area (Å²) in [5.41, 5.74) is -1.06. The summed E-state index contributed by atoms with van der Waals surface area (Å²) in [4.78, 5) is 13.5. The minimum absolute atomic E-state index is 0.0360. The second kappa shape index (κ2) is 6.87. The van der Waals surface area contributed by atoms with E-state index >= 15 is 0 Å². The van der Waals surface area contributed by atoms with E-state index in [9.17, 15) is 23.8 Å². The molecule has 9 heteroatoms. The molecule has 2 atom stereocenters. The van der Waals surface area contributed by atoms with E-state index in [2.05, 4.69) is 15.5 Å². The molecule has 1 aromatic heterocycles. The first-order valence-electron chi connectivity index (χ1n) is 7.72. The monoisotopic (exact) mass is 352 g/mol. The molecule has 0 spiro atoms. The van der Waals surface area contributed by atoms with Crippen LogP contribution >= 0.6 is 0 Å². The maximum Gasteiger partial charge on any atom is 0.269 e. The van der Waals surface area contributed by atoms with Gasteiger partial charge in [-0.05, 0) is 12.1 Å². The molecule has 0 bridgehead atoms. The lowest BCUT2D eigenvalue weighted by atomic mass is 10.0. The zero-order valence-electron chi connectivity index (χ0n) is 13.2. The molecule has 1 aromatic carbocycles. The third kappa shape index (κ3) is 3.84. The summed E-state index contributed by atoms with van der Waals surface area (Å²) >= 11 is 0. The van der Waals surface area contributed by atoms with E-state index in [4.69, 9.17) is 0 Å². The molecule has 2 heterocycles. The maximum absolute atomic E-state index is 13.7. The topological polar surface area (TPSA) is 101 Å². The number of carbonyl (C=O) groups excluding carboxylic acids is 1. The summed E-state index contributed by atoms with van der Waals surface area (Å²) in [5, 5.41) is 29.4. The van der Waals surface area contributed by atoms with Crippen LogP contribution in [0.5, 0.6) is 0 Å². The number of benzene rings is 1. The minimum Gasteiger partial charge on any atom is -0.389 e. The molecule has 2 aromatic rings. The number of nitrogens with one attached hydrogen (secondary N) is 2. The summed E-state index contributed by atoms with van der Waals surface area (Å²) in [7, 11) is 0. The molecule has 0 radical (unpaired) electrons. The second-order valence-electron chi connectivity index (χ2n) is 6.18. The lowest BCUT2D eigenvalue weighted by Crippen LogP contribution is -2.51. The number of aromatic nitrogens is 2. The smallest absolute Gasteiger partial charge is 0.269 e. The van der Waals surface area contributed by atoms with Crippen molar-refractivity contribution in [1.29, 1.82) is 0 Å². The molecule has 3 rings (SSSR count). The number of hydrogen-bond donors (Lipinski definition) is 4. The van der Waals surface area contributed by atoms with Crippen LogP contribution in [0.15, 0.2) is 30.5 Å². The molecular formula is C16H18F2N4O3. The van der Waals surface area contributed by atoms with E-state index in [0.29, 0.717) is 0 Å². The highest BCUT2D eigenvalue weighted by molar-refractivity contribution is 5.92. The molecule has 1 aliphatic rings. The van der Waals surface area contributed by atoms with Crippen LogP contribution in [0.3, 0.4) is 0 Å². The largest absolute Gasteiger partial charge is 0.389 e. The van der Waals surface area contributed by atoms with Gasteiger partial charge in [0.15, 0.2) is 0 Å². The highest BCUT2D eigenvalue weighted by atomic mass is 19.1. The number of carbonyl (C=O) groups is 1. The van der Waals surface area contributed by atoms with Gasteiger partial charge < -0.3 is 15.5 Å². The Hall–Kier alpha value is -2.36. The van der Waals surface area contributed by atoms with Crippen LogP contribution in [0.1, 0.15) is 16.1 Å². The van der Waals surface area contributed by atoms with E-state index in [1.54, 1.807) is 4.90 Å². The van der Waals surface area contributed by atoms with Crippen molar-refractivity contribution >= 4 is 5.91 Å². The molecule has 0 aliphatic carbocycles. The van der Waals surface area contributed by atoms with Crippen molar-refractivity contribution < 1.29 is 23.8 Å². The molecule has 4 N–H and O–H groups in total. The van der Waals surface area contributed by atoms with Crippen molar-refractivity contribution in [2.45, 2.75) is 18.2 Å². The number of aromatic amines is 1. The summed E-state index contributed by atoms with van der Waals surface area (Å²) < 4.78 is 26.7. The molecular weight excluding hydrogens is 334 g/mol. The maximum atomic E-state index is 13.7. The van der Waals surface area contributed by atoms with Crippen molar-refractivity contribution in [3.63, 3.8) is 0 Å². The normalized spacial score (nSPS) is 23.8. The van der Waals surface area contributed by atoms with Gasteiger partial charge in [0.25, 0.3) is 5.91 Å². The van der Waals surface area contributed by atoms with Gasteiger partial charge in [-0.3, -0.25) is 14.8 Å². The Balaban J connectivity index is 1.60. The van der Waals surface area contributed by atoms with Crippen molar-refractivity contribution in [3.8, 4) is 0 Å². The molecule has 0 unspecified atom stereocenters. The summed E-state index contributed by atoms with van der Waals surface area (Å²) in [6.07, 6.45) is 0.311. The highest BCUT2D eigenvalue weighted by Gasteiger charge is 2.44. The molecule has 0 saturated carbocycles. The Morgan fingerprint density at radius 2 is 2.24 bits per heavy atom. The molecule has 25 heavy (non-hydrogen) atoms. The van der Waals surface area contributed by atoms with E-state index in [-0.39, 0.29) is 37.4 Å². The molecule has 1 saturated heterocycles.